The number of rotatable bonds is 0. The molecule has 4 nitrogen and oxygen atoms in total. The smallest absolute Gasteiger partial charge is 0.350 e. The molecule has 2 N–H and O–H groups in total. The van der Waals surface area contributed by atoms with Crippen molar-refractivity contribution in [1.29, 1.82) is 0 Å². The first kappa shape index (κ1) is 8.79. The van der Waals surface area contributed by atoms with Crippen molar-refractivity contribution >= 4 is 11.0 Å². The van der Waals surface area contributed by atoms with Crippen molar-refractivity contribution in [3.63, 3.8) is 0 Å². The molecule has 0 atom stereocenters. The number of nitrogens with one attached hydrogen (secondary N) is 1. The van der Waals surface area contributed by atoms with Gasteiger partial charge >= 0.3 is 11.8 Å². The first-order valence-corrected chi connectivity index (χ1v) is 3.64. The number of aromatic nitrogens is 3. The topological polar surface area (TPSA) is 52.8 Å². The minimum atomic E-state index is -4.48. The molecule has 0 spiro atoms. The largest absolute Gasteiger partial charge is 0.420 e. The molecule has 0 aliphatic rings. The second-order valence-corrected chi connectivity index (χ2v) is 2.75. The van der Waals surface area contributed by atoms with Crippen LogP contribution in [0.2, 0.25) is 0 Å². The summed E-state index contributed by atoms with van der Waals surface area (Å²) in [5.74, 6) is 0. The molecule has 2 heterocycles. The Balaban J connectivity index is 2.70. The van der Waals surface area contributed by atoms with Crippen LogP contribution >= 0.6 is 0 Å². The average molecular weight is 204 g/mol. The van der Waals surface area contributed by atoms with E-state index in [0.717, 1.165) is 6.07 Å². The van der Waals surface area contributed by atoms with Crippen molar-refractivity contribution in [3.05, 3.63) is 24.0 Å². The summed E-state index contributed by atoms with van der Waals surface area (Å²) in [6, 6.07) is 0.908. The highest BCUT2D eigenvalue weighted by Gasteiger charge is 2.33. The highest BCUT2D eigenvalue weighted by Crippen LogP contribution is 2.29. The molecule has 14 heavy (non-hydrogen) atoms. The summed E-state index contributed by atoms with van der Waals surface area (Å²) in [5, 5.41) is 15.2. The van der Waals surface area contributed by atoms with Crippen LogP contribution in [0.1, 0.15) is 5.56 Å². The fraction of sp³-hybridized carbons (Fsp3) is 0.143. The number of fused-ring (bicyclic) bond motifs is 1. The third kappa shape index (κ3) is 1.26. The molecule has 74 valence electrons. The van der Waals surface area contributed by atoms with Gasteiger partial charge in [-0.25, -0.2) is 0 Å². The fourth-order valence-corrected chi connectivity index (χ4v) is 1.13. The number of halogens is 3. The molecule has 2 aromatic heterocycles. The number of H-pyrrole nitrogens is 1. The third-order valence-corrected chi connectivity index (χ3v) is 1.78. The molecule has 0 aromatic carbocycles. The molecule has 0 aliphatic heterocycles. The van der Waals surface area contributed by atoms with Crippen molar-refractivity contribution in [2.75, 3.05) is 0 Å². The van der Waals surface area contributed by atoms with Gasteiger partial charge in [-0.15, -0.1) is 5.10 Å². The Morgan fingerprint density at radius 3 is 2.79 bits per heavy atom. The predicted octanol–water partition coefficient (Wildman–Crippen LogP) is 1.11. The van der Waals surface area contributed by atoms with Crippen LogP contribution < -0.4 is 4.73 Å². The highest BCUT2D eigenvalue weighted by molar-refractivity contribution is 5.71. The summed E-state index contributed by atoms with van der Waals surface area (Å²) in [5.41, 5.74) is -0.799. The first-order chi connectivity index (χ1) is 6.48. The summed E-state index contributed by atoms with van der Waals surface area (Å²) in [4.78, 5) is 0. The predicted molar refractivity (Wildman–Crippen MR) is 38.5 cm³/mol. The maximum atomic E-state index is 12.2. The van der Waals surface area contributed by atoms with Gasteiger partial charge in [0.05, 0.1) is 17.1 Å². The van der Waals surface area contributed by atoms with Crippen LogP contribution in [-0.2, 0) is 6.18 Å². The van der Waals surface area contributed by atoms with Gasteiger partial charge in [0.15, 0.2) is 0 Å². The van der Waals surface area contributed by atoms with Gasteiger partial charge in [0.1, 0.15) is 6.20 Å². The molecule has 0 fully saturated rings. The van der Waals surface area contributed by atoms with E-state index in [1.165, 1.54) is 6.20 Å². The minimum absolute atomic E-state index is 0.123. The molecule has 0 aliphatic carbocycles. The molecule has 7 heteroatoms. The molecule has 0 saturated heterocycles. The van der Waals surface area contributed by atoms with Gasteiger partial charge in [-0.1, -0.05) is 5.10 Å². The molecule has 0 bridgehead atoms. The lowest BCUT2D eigenvalue weighted by atomic mass is 10.2. The van der Waals surface area contributed by atoms with Crippen LogP contribution in [0, 0.1) is 0 Å². The standard InChI is InChI=1S/C7H4F3N3O/c8-7(9,10)5-1-4-2-11-12-6(4)13(14)3-5/h1-3,14H/p+1. The van der Waals surface area contributed by atoms with Crippen LogP contribution in [0.25, 0.3) is 11.0 Å². The van der Waals surface area contributed by atoms with Gasteiger partial charge in [-0.2, -0.15) is 13.2 Å². The van der Waals surface area contributed by atoms with Gasteiger partial charge in [0, 0.05) is 0 Å². The third-order valence-electron chi connectivity index (χ3n) is 1.78. The highest BCUT2D eigenvalue weighted by atomic mass is 19.4. The van der Waals surface area contributed by atoms with Crippen LogP contribution in [-0.4, -0.2) is 15.4 Å². The quantitative estimate of drug-likeness (QED) is 0.498. The zero-order valence-electron chi connectivity index (χ0n) is 6.71. The van der Waals surface area contributed by atoms with E-state index in [-0.39, 0.29) is 11.0 Å². The summed E-state index contributed by atoms with van der Waals surface area (Å²) < 4.78 is 37.1. The molecule has 2 aromatic rings. The van der Waals surface area contributed by atoms with Crippen LogP contribution in [0.4, 0.5) is 13.2 Å². The first-order valence-electron chi connectivity index (χ1n) is 3.64. The molecular weight excluding hydrogens is 199 g/mol. The number of hydrogen-bond acceptors (Lipinski definition) is 2. The van der Waals surface area contributed by atoms with Gasteiger partial charge in [-0.05, 0) is 10.8 Å². The Kier molecular flexibility index (Phi) is 1.63. The zero-order chi connectivity index (χ0) is 10.3. The summed E-state index contributed by atoms with van der Waals surface area (Å²) in [6.45, 7) is 0. The van der Waals surface area contributed by atoms with E-state index in [1.807, 2.05) is 0 Å². The van der Waals surface area contributed by atoms with Crippen LogP contribution in [0.15, 0.2) is 18.5 Å². The van der Waals surface area contributed by atoms with Crippen molar-refractivity contribution in [1.82, 2.24) is 10.2 Å². The Morgan fingerprint density at radius 1 is 1.43 bits per heavy atom. The Labute approximate surface area is 75.5 Å². The lowest BCUT2D eigenvalue weighted by Gasteiger charge is -2.04. The summed E-state index contributed by atoms with van der Waals surface area (Å²) in [7, 11) is 0. The van der Waals surface area contributed by atoms with E-state index in [1.54, 1.807) is 0 Å². The number of hydrogen-bond donors (Lipinski definition) is 2. The van der Waals surface area contributed by atoms with Gasteiger partial charge in [-0.3, -0.25) is 0 Å². The van der Waals surface area contributed by atoms with Crippen molar-refractivity contribution in [2.45, 2.75) is 6.18 Å². The van der Waals surface area contributed by atoms with Crippen molar-refractivity contribution in [3.8, 4) is 0 Å². The molecular formula is C7H5F3N3O+. The second-order valence-electron chi connectivity index (χ2n) is 2.75. The summed E-state index contributed by atoms with van der Waals surface area (Å²) >= 11 is 0. The normalized spacial score (nSPS) is 12.2. The molecule has 0 amide bonds. The van der Waals surface area contributed by atoms with E-state index >= 15 is 0 Å². The van der Waals surface area contributed by atoms with Gasteiger partial charge in [0.25, 0.3) is 0 Å². The van der Waals surface area contributed by atoms with Crippen molar-refractivity contribution < 1.29 is 23.1 Å². The number of nitrogens with zero attached hydrogens (tertiary/aromatic N) is 2. The maximum Gasteiger partial charge on any atom is 0.420 e. The van der Waals surface area contributed by atoms with Crippen LogP contribution in [0.5, 0.6) is 0 Å². The molecule has 0 radical (unpaired) electrons. The maximum absolute atomic E-state index is 12.2. The van der Waals surface area contributed by atoms with Crippen molar-refractivity contribution in [2.24, 2.45) is 0 Å². The van der Waals surface area contributed by atoms with E-state index in [2.05, 4.69) is 10.2 Å². The molecule has 0 saturated carbocycles. The van der Waals surface area contributed by atoms with E-state index in [9.17, 15) is 13.2 Å². The van der Waals surface area contributed by atoms with E-state index in [0.29, 0.717) is 10.9 Å². The zero-order valence-corrected chi connectivity index (χ0v) is 6.71. The SMILES string of the molecule is O[n+]1cc(C(F)(F)F)cc2cn[nH]c21. The fourth-order valence-electron chi connectivity index (χ4n) is 1.13. The number of pyridine rings is 1. The monoisotopic (exact) mass is 204 g/mol. The van der Waals surface area contributed by atoms with E-state index in [4.69, 9.17) is 5.21 Å². The number of aromatic amines is 1. The number of alkyl halides is 3. The van der Waals surface area contributed by atoms with E-state index < -0.39 is 11.7 Å². The Morgan fingerprint density at radius 2 is 2.14 bits per heavy atom. The Bertz CT molecular complexity index is 476. The minimum Gasteiger partial charge on any atom is -0.350 e. The molecule has 0 unspecified atom stereocenters. The average Bonchev–Trinajstić information content (AvgIpc) is 2.50. The van der Waals surface area contributed by atoms with Crippen LogP contribution in [0.3, 0.4) is 0 Å². The van der Waals surface area contributed by atoms with Gasteiger partial charge < -0.3 is 5.21 Å². The van der Waals surface area contributed by atoms with Gasteiger partial charge in [0.2, 0.25) is 0 Å². The molecule has 2 rings (SSSR count). The lowest BCUT2D eigenvalue weighted by molar-refractivity contribution is -0.886. The lowest BCUT2D eigenvalue weighted by Crippen LogP contribution is -2.32. The summed E-state index contributed by atoms with van der Waals surface area (Å²) in [6.07, 6.45) is -2.69. The Hall–Kier alpha value is -1.79. The second kappa shape index (κ2) is 2.60.